The molecule has 2 aliphatic rings. The molecule has 2 fully saturated rings. The van der Waals surface area contributed by atoms with Gasteiger partial charge in [0.05, 0.1) is 11.2 Å². The molecule has 0 aliphatic carbocycles. The molecule has 0 bridgehead atoms. The van der Waals surface area contributed by atoms with Crippen LogP contribution in [0.25, 0.3) is 10.9 Å². The third-order valence-corrected chi connectivity index (χ3v) is 5.29. The van der Waals surface area contributed by atoms with Gasteiger partial charge in [-0.25, -0.2) is 4.79 Å². The van der Waals surface area contributed by atoms with Gasteiger partial charge in [-0.15, -0.1) is 0 Å². The molecule has 0 atom stereocenters. The molecular weight excluding hydrogens is 332 g/mol. The molecular formula is C18H24N6O2. The summed E-state index contributed by atoms with van der Waals surface area (Å²) in [6.45, 7) is 7.69. The van der Waals surface area contributed by atoms with Crippen molar-refractivity contribution >= 4 is 34.3 Å². The molecule has 8 nitrogen and oxygen atoms in total. The van der Waals surface area contributed by atoms with Gasteiger partial charge in [0.15, 0.2) is 5.82 Å². The molecule has 0 unspecified atom stereocenters. The smallest absolute Gasteiger partial charge is 0.329 e. The van der Waals surface area contributed by atoms with Crippen LogP contribution in [-0.4, -0.2) is 65.9 Å². The average Bonchev–Trinajstić information content (AvgIpc) is 2.99. The molecule has 0 saturated carbocycles. The first kappa shape index (κ1) is 16.8. The van der Waals surface area contributed by atoms with E-state index >= 15 is 0 Å². The van der Waals surface area contributed by atoms with E-state index < -0.39 is 6.03 Å². The van der Waals surface area contributed by atoms with Gasteiger partial charge in [0.1, 0.15) is 0 Å². The van der Waals surface area contributed by atoms with E-state index in [0.29, 0.717) is 18.8 Å². The molecule has 2 saturated heterocycles. The third-order valence-electron chi connectivity index (χ3n) is 5.29. The van der Waals surface area contributed by atoms with E-state index in [2.05, 4.69) is 33.2 Å². The van der Waals surface area contributed by atoms with E-state index in [1.54, 1.807) is 4.90 Å². The van der Waals surface area contributed by atoms with Crippen LogP contribution in [0.2, 0.25) is 0 Å². The molecule has 1 N–H and O–H groups in total. The van der Waals surface area contributed by atoms with E-state index in [9.17, 15) is 9.59 Å². The zero-order chi connectivity index (χ0) is 18.3. The van der Waals surface area contributed by atoms with Crippen LogP contribution in [0.1, 0.15) is 13.3 Å². The van der Waals surface area contributed by atoms with Crippen LogP contribution < -0.4 is 15.1 Å². The van der Waals surface area contributed by atoms with Crippen molar-refractivity contribution in [2.24, 2.45) is 7.05 Å². The van der Waals surface area contributed by atoms with Crippen molar-refractivity contribution < 1.29 is 9.59 Å². The predicted octanol–water partition coefficient (Wildman–Crippen LogP) is 1.16. The second kappa shape index (κ2) is 6.60. The molecule has 0 spiro atoms. The SMILES string of the molecule is CCN1CCN(c2cccc3c(N4CCC(=O)NC4=O)nn(C)c23)CC1. The number of para-hydroxylation sites is 1. The van der Waals surface area contributed by atoms with Gasteiger partial charge in [-0.05, 0) is 18.7 Å². The van der Waals surface area contributed by atoms with Gasteiger partial charge in [0, 0.05) is 51.6 Å². The van der Waals surface area contributed by atoms with Crippen LogP contribution in [0.5, 0.6) is 0 Å². The average molecular weight is 356 g/mol. The number of rotatable bonds is 3. The number of nitrogens with one attached hydrogen (secondary N) is 1. The highest BCUT2D eigenvalue weighted by Crippen LogP contribution is 2.33. The van der Waals surface area contributed by atoms with E-state index in [1.807, 2.05) is 23.9 Å². The van der Waals surface area contributed by atoms with Gasteiger partial charge in [0.25, 0.3) is 0 Å². The van der Waals surface area contributed by atoms with Gasteiger partial charge >= 0.3 is 6.03 Å². The van der Waals surface area contributed by atoms with Crippen molar-refractivity contribution in [1.82, 2.24) is 20.0 Å². The number of carbonyl (C=O) groups is 2. The molecule has 2 aliphatic heterocycles. The Bertz CT molecular complexity index is 853. The number of aryl methyl sites for hydroxylation is 1. The Labute approximate surface area is 152 Å². The van der Waals surface area contributed by atoms with Crippen molar-refractivity contribution in [2.45, 2.75) is 13.3 Å². The number of fused-ring (bicyclic) bond motifs is 1. The second-order valence-corrected chi connectivity index (χ2v) is 6.80. The second-order valence-electron chi connectivity index (χ2n) is 6.80. The number of likely N-dealkylation sites (N-methyl/N-ethyl adjacent to an activating group) is 1. The van der Waals surface area contributed by atoms with Gasteiger partial charge in [0.2, 0.25) is 5.91 Å². The van der Waals surface area contributed by atoms with Crippen LogP contribution in [0.4, 0.5) is 16.3 Å². The molecule has 26 heavy (non-hydrogen) atoms. The lowest BCUT2D eigenvalue weighted by Gasteiger charge is -2.35. The van der Waals surface area contributed by atoms with E-state index in [0.717, 1.165) is 49.3 Å². The Morgan fingerprint density at radius 3 is 2.58 bits per heavy atom. The van der Waals surface area contributed by atoms with E-state index in [-0.39, 0.29) is 5.91 Å². The number of hydrogen-bond acceptors (Lipinski definition) is 5. The van der Waals surface area contributed by atoms with Crippen molar-refractivity contribution in [1.29, 1.82) is 0 Å². The maximum Gasteiger partial charge on any atom is 0.329 e. The summed E-state index contributed by atoms with van der Waals surface area (Å²) in [6, 6.07) is 5.73. The summed E-state index contributed by atoms with van der Waals surface area (Å²) in [5, 5.41) is 7.92. The zero-order valence-corrected chi connectivity index (χ0v) is 15.2. The molecule has 0 radical (unpaired) electrons. The number of imide groups is 1. The number of amides is 3. The summed E-state index contributed by atoms with van der Waals surface area (Å²) in [5.74, 6) is 0.377. The maximum absolute atomic E-state index is 12.2. The lowest BCUT2D eigenvalue weighted by atomic mass is 10.1. The summed E-state index contributed by atoms with van der Waals surface area (Å²) in [6.07, 6.45) is 0.294. The molecule has 4 rings (SSSR count). The highest BCUT2D eigenvalue weighted by molar-refractivity contribution is 6.10. The number of nitrogens with zero attached hydrogens (tertiary/aromatic N) is 5. The Hall–Kier alpha value is -2.61. The fourth-order valence-electron chi connectivity index (χ4n) is 3.82. The van der Waals surface area contributed by atoms with Crippen LogP contribution in [0.15, 0.2) is 18.2 Å². The van der Waals surface area contributed by atoms with Gasteiger partial charge in [-0.3, -0.25) is 19.7 Å². The van der Waals surface area contributed by atoms with Crippen LogP contribution in [0.3, 0.4) is 0 Å². The van der Waals surface area contributed by atoms with Crippen molar-refractivity contribution in [2.75, 3.05) is 49.1 Å². The minimum atomic E-state index is -0.400. The summed E-state index contributed by atoms with van der Waals surface area (Å²) in [4.78, 5) is 30.1. The lowest BCUT2D eigenvalue weighted by Crippen LogP contribution is -2.49. The van der Waals surface area contributed by atoms with Gasteiger partial charge in [-0.1, -0.05) is 13.0 Å². The molecule has 138 valence electrons. The van der Waals surface area contributed by atoms with Crippen molar-refractivity contribution in [3.8, 4) is 0 Å². The first-order valence-corrected chi connectivity index (χ1v) is 9.13. The van der Waals surface area contributed by atoms with Crippen molar-refractivity contribution in [3.05, 3.63) is 18.2 Å². The number of urea groups is 1. The highest BCUT2D eigenvalue weighted by Gasteiger charge is 2.29. The van der Waals surface area contributed by atoms with Crippen molar-refractivity contribution in [3.63, 3.8) is 0 Å². The Morgan fingerprint density at radius 1 is 1.12 bits per heavy atom. The van der Waals surface area contributed by atoms with Crippen LogP contribution >= 0.6 is 0 Å². The molecule has 2 aromatic rings. The Kier molecular flexibility index (Phi) is 4.28. The quantitative estimate of drug-likeness (QED) is 0.893. The summed E-state index contributed by atoms with van der Waals surface area (Å²) in [5.41, 5.74) is 2.17. The predicted molar refractivity (Wildman–Crippen MR) is 101 cm³/mol. The number of carbonyl (C=O) groups excluding carboxylic acids is 2. The van der Waals surface area contributed by atoms with E-state index in [1.165, 1.54) is 0 Å². The number of anilines is 2. The number of hydrogen-bond donors (Lipinski definition) is 1. The summed E-state index contributed by atoms with van der Waals surface area (Å²) >= 11 is 0. The maximum atomic E-state index is 12.2. The third kappa shape index (κ3) is 2.80. The monoisotopic (exact) mass is 356 g/mol. The lowest BCUT2D eigenvalue weighted by molar-refractivity contribution is -0.120. The molecule has 1 aromatic heterocycles. The molecule has 3 amide bonds. The minimum Gasteiger partial charge on any atom is -0.367 e. The standard InChI is InChI=1S/C18H24N6O2/c1-3-22-9-11-23(12-10-22)14-6-4-5-13-16(14)21(2)20-17(13)24-8-7-15(25)19-18(24)26/h4-6H,3,7-12H2,1-2H3,(H,19,25,26). The van der Waals surface area contributed by atoms with Gasteiger partial charge < -0.3 is 9.80 Å². The summed E-state index contributed by atoms with van der Waals surface area (Å²) in [7, 11) is 1.91. The van der Waals surface area contributed by atoms with E-state index in [4.69, 9.17) is 0 Å². The van der Waals surface area contributed by atoms with Gasteiger partial charge in [-0.2, -0.15) is 5.10 Å². The molecule has 3 heterocycles. The number of aromatic nitrogens is 2. The fraction of sp³-hybridized carbons (Fsp3) is 0.500. The fourth-order valence-corrected chi connectivity index (χ4v) is 3.82. The Balaban J connectivity index is 1.71. The highest BCUT2D eigenvalue weighted by atomic mass is 16.2. The Morgan fingerprint density at radius 2 is 1.88 bits per heavy atom. The topological polar surface area (TPSA) is 73.7 Å². The minimum absolute atomic E-state index is 0.235. The number of benzene rings is 1. The van der Waals surface area contributed by atoms with Crippen LogP contribution in [-0.2, 0) is 11.8 Å². The summed E-state index contributed by atoms with van der Waals surface area (Å²) < 4.78 is 1.84. The first-order valence-electron chi connectivity index (χ1n) is 9.13. The largest absolute Gasteiger partial charge is 0.367 e. The molecule has 1 aromatic carbocycles. The normalized spacial score (nSPS) is 19.3. The molecule has 8 heteroatoms. The van der Waals surface area contributed by atoms with Crippen LogP contribution in [0, 0.1) is 0 Å². The first-order chi connectivity index (χ1) is 12.6. The number of piperazine rings is 1. The zero-order valence-electron chi connectivity index (χ0n) is 15.2.